The summed E-state index contributed by atoms with van der Waals surface area (Å²) in [7, 11) is 0. The molecule has 3 aromatic rings. The van der Waals surface area contributed by atoms with Gasteiger partial charge in [-0.3, -0.25) is 4.79 Å². The second-order valence-electron chi connectivity index (χ2n) is 6.95. The average molecular weight is 363 g/mol. The number of hydrogen-bond donors (Lipinski definition) is 1. The highest BCUT2D eigenvalue weighted by atomic mass is 16.5. The molecule has 5 heteroatoms. The van der Waals surface area contributed by atoms with Crippen LogP contribution in [0.25, 0.3) is 11.0 Å². The van der Waals surface area contributed by atoms with Crippen molar-refractivity contribution in [3.63, 3.8) is 0 Å². The predicted octanol–water partition coefficient (Wildman–Crippen LogP) is 3.12. The minimum Gasteiger partial charge on any atom is -0.368 e. The van der Waals surface area contributed by atoms with Crippen molar-refractivity contribution in [1.29, 1.82) is 0 Å². The number of ether oxygens (including phenoxy) is 1. The largest absolute Gasteiger partial charge is 0.368 e. The lowest BCUT2D eigenvalue weighted by atomic mass is 10.1. The van der Waals surface area contributed by atoms with E-state index in [-0.39, 0.29) is 12.0 Å². The molecule has 4 rings (SSSR count). The first-order valence-corrected chi connectivity index (χ1v) is 9.68. The molecule has 1 N–H and O–H groups in total. The summed E-state index contributed by atoms with van der Waals surface area (Å²) in [6, 6.07) is 18.7. The summed E-state index contributed by atoms with van der Waals surface area (Å²) in [4.78, 5) is 16.9. The molecule has 1 aliphatic rings. The van der Waals surface area contributed by atoms with Crippen molar-refractivity contribution in [3.05, 3.63) is 66.0 Å². The van der Waals surface area contributed by atoms with Crippen LogP contribution in [0.5, 0.6) is 0 Å². The van der Waals surface area contributed by atoms with E-state index in [9.17, 15) is 4.79 Å². The van der Waals surface area contributed by atoms with Crippen LogP contribution < -0.4 is 5.32 Å². The summed E-state index contributed by atoms with van der Waals surface area (Å²) >= 11 is 0. The molecule has 1 amide bonds. The SMILES string of the molecule is O=C(NCCc1nc2ccccc2n1CCc1ccccc1)C1CCCO1. The van der Waals surface area contributed by atoms with Crippen molar-refractivity contribution in [1.82, 2.24) is 14.9 Å². The Bertz CT molecular complexity index is 898. The number of aryl methyl sites for hydroxylation is 2. The van der Waals surface area contributed by atoms with Crippen molar-refractivity contribution < 1.29 is 9.53 Å². The number of para-hydroxylation sites is 2. The first kappa shape index (κ1) is 17.7. The van der Waals surface area contributed by atoms with Crippen LogP contribution in [0.1, 0.15) is 24.2 Å². The molecule has 1 aliphatic heterocycles. The van der Waals surface area contributed by atoms with E-state index < -0.39 is 0 Å². The van der Waals surface area contributed by atoms with Crippen LogP contribution in [0.2, 0.25) is 0 Å². The first-order chi connectivity index (χ1) is 13.3. The van der Waals surface area contributed by atoms with Crippen molar-refractivity contribution in [2.45, 2.75) is 38.3 Å². The molecule has 0 radical (unpaired) electrons. The number of rotatable bonds is 7. The van der Waals surface area contributed by atoms with E-state index in [4.69, 9.17) is 9.72 Å². The van der Waals surface area contributed by atoms with Gasteiger partial charge in [-0.1, -0.05) is 42.5 Å². The number of hydrogen-bond acceptors (Lipinski definition) is 3. The second kappa shape index (κ2) is 8.35. The molecule has 0 saturated carbocycles. The molecule has 0 aliphatic carbocycles. The Balaban J connectivity index is 1.45. The molecule has 27 heavy (non-hydrogen) atoms. The fourth-order valence-corrected chi connectivity index (χ4v) is 3.65. The van der Waals surface area contributed by atoms with Crippen molar-refractivity contribution >= 4 is 16.9 Å². The molecule has 1 aromatic heterocycles. The zero-order valence-electron chi connectivity index (χ0n) is 15.4. The molecule has 140 valence electrons. The Labute approximate surface area is 159 Å². The van der Waals surface area contributed by atoms with E-state index in [1.54, 1.807) is 0 Å². The monoisotopic (exact) mass is 363 g/mol. The Morgan fingerprint density at radius 2 is 1.93 bits per heavy atom. The van der Waals surface area contributed by atoms with Crippen molar-refractivity contribution in [3.8, 4) is 0 Å². The lowest BCUT2D eigenvalue weighted by Gasteiger charge is -2.12. The molecular weight excluding hydrogens is 338 g/mol. The maximum absolute atomic E-state index is 12.1. The third-order valence-electron chi connectivity index (χ3n) is 5.07. The van der Waals surface area contributed by atoms with Gasteiger partial charge in [0.05, 0.1) is 11.0 Å². The number of aromatic nitrogens is 2. The Morgan fingerprint density at radius 1 is 1.11 bits per heavy atom. The van der Waals surface area contributed by atoms with Crippen LogP contribution in [0.3, 0.4) is 0 Å². The fraction of sp³-hybridized carbons (Fsp3) is 0.364. The van der Waals surface area contributed by atoms with E-state index in [1.807, 2.05) is 24.3 Å². The van der Waals surface area contributed by atoms with Gasteiger partial charge >= 0.3 is 0 Å². The predicted molar refractivity (Wildman–Crippen MR) is 106 cm³/mol. The van der Waals surface area contributed by atoms with Gasteiger partial charge < -0.3 is 14.6 Å². The number of imidazole rings is 1. The molecule has 1 atom stereocenters. The van der Waals surface area contributed by atoms with E-state index in [1.165, 1.54) is 5.56 Å². The van der Waals surface area contributed by atoms with Crippen LogP contribution >= 0.6 is 0 Å². The Morgan fingerprint density at radius 3 is 2.74 bits per heavy atom. The topological polar surface area (TPSA) is 56.2 Å². The van der Waals surface area contributed by atoms with Crippen molar-refractivity contribution in [2.24, 2.45) is 0 Å². The maximum Gasteiger partial charge on any atom is 0.249 e. The van der Waals surface area contributed by atoms with Crippen LogP contribution in [0.4, 0.5) is 0 Å². The highest BCUT2D eigenvalue weighted by Gasteiger charge is 2.23. The standard InChI is InChI=1S/C22H25N3O2/c26-22(20-11-6-16-27-20)23-14-12-21-24-18-9-4-5-10-19(18)25(21)15-13-17-7-2-1-3-8-17/h1-5,7-10,20H,6,11-16H2,(H,23,26). The molecule has 0 spiro atoms. The molecule has 1 fully saturated rings. The first-order valence-electron chi connectivity index (χ1n) is 9.68. The maximum atomic E-state index is 12.1. The van der Waals surface area contributed by atoms with Crippen LogP contribution in [-0.2, 0) is 28.9 Å². The lowest BCUT2D eigenvalue weighted by molar-refractivity contribution is -0.130. The number of carbonyl (C=O) groups excluding carboxylic acids is 1. The third kappa shape index (κ3) is 4.19. The Kier molecular flexibility index (Phi) is 5.49. The molecule has 0 bridgehead atoms. The van der Waals surface area contributed by atoms with Gasteiger partial charge in [0.1, 0.15) is 11.9 Å². The van der Waals surface area contributed by atoms with E-state index >= 15 is 0 Å². The average Bonchev–Trinajstić information content (AvgIpc) is 3.35. The van der Waals surface area contributed by atoms with E-state index in [2.05, 4.69) is 40.2 Å². The smallest absolute Gasteiger partial charge is 0.249 e. The minimum absolute atomic E-state index is 0.000512. The van der Waals surface area contributed by atoms with E-state index in [0.717, 1.165) is 42.7 Å². The molecule has 2 heterocycles. The van der Waals surface area contributed by atoms with Gasteiger partial charge in [-0.25, -0.2) is 4.98 Å². The highest BCUT2D eigenvalue weighted by Crippen LogP contribution is 2.18. The summed E-state index contributed by atoms with van der Waals surface area (Å²) in [5.41, 5.74) is 3.47. The van der Waals surface area contributed by atoms with Gasteiger partial charge in [-0.2, -0.15) is 0 Å². The van der Waals surface area contributed by atoms with Gasteiger partial charge in [0, 0.05) is 26.1 Å². The molecule has 5 nitrogen and oxygen atoms in total. The van der Waals surface area contributed by atoms with Gasteiger partial charge in [-0.15, -0.1) is 0 Å². The number of benzene rings is 2. The number of amides is 1. The summed E-state index contributed by atoms with van der Waals surface area (Å²) in [5, 5.41) is 3.00. The van der Waals surface area contributed by atoms with Gasteiger partial charge in [0.25, 0.3) is 0 Å². The summed E-state index contributed by atoms with van der Waals surface area (Å²) in [5.74, 6) is 1.01. The molecule has 2 aromatic carbocycles. The van der Waals surface area contributed by atoms with Crippen LogP contribution in [-0.4, -0.2) is 34.7 Å². The zero-order chi connectivity index (χ0) is 18.5. The van der Waals surface area contributed by atoms with Gasteiger partial charge in [0.15, 0.2) is 0 Å². The molecular formula is C22H25N3O2. The van der Waals surface area contributed by atoms with Crippen LogP contribution in [0, 0.1) is 0 Å². The number of nitrogens with zero attached hydrogens (tertiary/aromatic N) is 2. The highest BCUT2D eigenvalue weighted by molar-refractivity contribution is 5.81. The minimum atomic E-state index is -0.276. The summed E-state index contributed by atoms with van der Waals surface area (Å²) in [6.07, 6.45) is 3.18. The normalized spacial score (nSPS) is 16.7. The zero-order valence-corrected chi connectivity index (χ0v) is 15.4. The summed E-state index contributed by atoms with van der Waals surface area (Å²) in [6.45, 7) is 2.14. The third-order valence-corrected chi connectivity index (χ3v) is 5.07. The van der Waals surface area contributed by atoms with Crippen molar-refractivity contribution in [2.75, 3.05) is 13.2 Å². The molecule has 1 unspecified atom stereocenters. The quantitative estimate of drug-likeness (QED) is 0.702. The number of nitrogens with one attached hydrogen (secondary N) is 1. The van der Waals surface area contributed by atoms with Crippen LogP contribution in [0.15, 0.2) is 54.6 Å². The number of fused-ring (bicyclic) bond motifs is 1. The summed E-state index contributed by atoms with van der Waals surface area (Å²) < 4.78 is 7.72. The Hall–Kier alpha value is -2.66. The van der Waals surface area contributed by atoms with E-state index in [0.29, 0.717) is 19.6 Å². The van der Waals surface area contributed by atoms with Gasteiger partial charge in [0.2, 0.25) is 5.91 Å². The lowest BCUT2D eigenvalue weighted by Crippen LogP contribution is -2.35. The number of carbonyl (C=O) groups is 1. The van der Waals surface area contributed by atoms with Gasteiger partial charge in [-0.05, 0) is 37.0 Å². The molecule has 1 saturated heterocycles. The second-order valence-corrected chi connectivity index (χ2v) is 6.95. The fourth-order valence-electron chi connectivity index (χ4n) is 3.65.